The summed E-state index contributed by atoms with van der Waals surface area (Å²) in [6, 6.07) is 50.3. The highest BCUT2D eigenvalue weighted by Gasteiger charge is 2.62. The standard InChI is InChI=1S/C57H57N/c1-54(2)26-27-55(3,4)50-34-41(21-23-47(50)54)58(40-20-22-43-42-16-10-12-18-45(42)56(5,6)49(43)33-40)51-25-24-48-53(52(51)37-14-8-7-9-15-37)44-17-11-13-19-46(44)57(48)38-29-35-28-36(31-38)32-39(57)30-35/h7-25,33-36,38-39H,26-32H2,1-6H3. The Labute approximate surface area is 346 Å². The smallest absolute Gasteiger partial charge is 0.0546 e. The molecule has 4 saturated carbocycles. The van der Waals surface area contributed by atoms with E-state index in [2.05, 4.69) is 174 Å². The van der Waals surface area contributed by atoms with E-state index in [0.717, 1.165) is 23.7 Å². The van der Waals surface area contributed by atoms with Gasteiger partial charge in [-0.3, -0.25) is 0 Å². The zero-order valence-electron chi connectivity index (χ0n) is 35.3. The predicted molar refractivity (Wildman–Crippen MR) is 243 cm³/mol. The van der Waals surface area contributed by atoms with Gasteiger partial charge in [-0.05, 0) is 171 Å². The minimum Gasteiger partial charge on any atom is -0.310 e. The van der Waals surface area contributed by atoms with Crippen molar-refractivity contribution in [3.05, 3.63) is 161 Å². The fourth-order valence-corrected chi connectivity index (χ4v) is 14.3. The van der Waals surface area contributed by atoms with Gasteiger partial charge in [-0.15, -0.1) is 0 Å². The lowest BCUT2D eigenvalue weighted by atomic mass is 9.43. The Hall–Kier alpha value is -4.88. The lowest BCUT2D eigenvalue weighted by Crippen LogP contribution is -2.55. The summed E-state index contributed by atoms with van der Waals surface area (Å²) >= 11 is 0. The van der Waals surface area contributed by atoms with Crippen LogP contribution in [0.25, 0.3) is 33.4 Å². The van der Waals surface area contributed by atoms with E-state index in [4.69, 9.17) is 0 Å². The molecule has 0 unspecified atom stereocenters. The molecule has 4 fully saturated rings. The Kier molecular flexibility index (Phi) is 7.18. The first-order valence-corrected chi connectivity index (χ1v) is 22.5. The average Bonchev–Trinajstić information content (AvgIpc) is 3.64. The van der Waals surface area contributed by atoms with Crippen LogP contribution in [0.1, 0.15) is 120 Å². The summed E-state index contributed by atoms with van der Waals surface area (Å²) in [5.74, 6) is 3.29. The highest BCUT2D eigenvalue weighted by Crippen LogP contribution is 2.71. The largest absolute Gasteiger partial charge is 0.310 e. The van der Waals surface area contributed by atoms with Crippen LogP contribution in [-0.2, 0) is 21.7 Å². The van der Waals surface area contributed by atoms with Gasteiger partial charge in [0.25, 0.3) is 0 Å². The van der Waals surface area contributed by atoms with Crippen LogP contribution in [-0.4, -0.2) is 0 Å². The third kappa shape index (κ3) is 4.60. The SMILES string of the molecule is CC1(C)CCC(C)(C)c2cc(N(c3ccc4c(c3)C(C)(C)c3ccccc3-4)c3ccc4c(c3-c3ccccc3)-c3ccccc3C43C4CC5CC(C4)CC3C5)ccc21. The van der Waals surface area contributed by atoms with Crippen molar-refractivity contribution in [2.75, 3.05) is 4.90 Å². The zero-order valence-corrected chi connectivity index (χ0v) is 35.3. The van der Waals surface area contributed by atoms with Crippen molar-refractivity contribution < 1.29 is 0 Å². The molecule has 0 heterocycles. The van der Waals surface area contributed by atoms with Gasteiger partial charge in [-0.1, -0.05) is 139 Å². The lowest BCUT2D eigenvalue weighted by Gasteiger charge is -2.61. The molecule has 0 aromatic heterocycles. The molecular formula is C57H57N. The van der Waals surface area contributed by atoms with Gasteiger partial charge in [0, 0.05) is 27.8 Å². The van der Waals surface area contributed by atoms with Gasteiger partial charge in [0.05, 0.1) is 5.69 Å². The fraction of sp³-hybridized carbons (Fsp3) is 0.368. The molecule has 1 nitrogen and oxygen atoms in total. The maximum atomic E-state index is 2.66. The zero-order chi connectivity index (χ0) is 39.3. The second kappa shape index (κ2) is 11.9. The summed E-state index contributed by atoms with van der Waals surface area (Å²) in [6.45, 7) is 14.7. The van der Waals surface area contributed by atoms with Crippen LogP contribution in [0.2, 0.25) is 0 Å². The number of fused-ring (bicyclic) bond motifs is 7. The average molecular weight is 756 g/mol. The van der Waals surface area contributed by atoms with E-state index in [-0.39, 0.29) is 21.7 Å². The van der Waals surface area contributed by atoms with E-state index in [9.17, 15) is 0 Å². The summed E-state index contributed by atoms with van der Waals surface area (Å²) in [5.41, 5.74) is 21.5. The Morgan fingerprint density at radius 1 is 0.431 bits per heavy atom. The summed E-state index contributed by atoms with van der Waals surface area (Å²) in [7, 11) is 0. The molecule has 6 aromatic rings. The van der Waals surface area contributed by atoms with Gasteiger partial charge in [0.15, 0.2) is 0 Å². The van der Waals surface area contributed by atoms with E-state index in [1.165, 1.54) is 118 Å². The van der Waals surface area contributed by atoms with Crippen molar-refractivity contribution in [1.82, 2.24) is 0 Å². The first-order chi connectivity index (χ1) is 28.0. The molecule has 1 spiro atoms. The maximum Gasteiger partial charge on any atom is 0.0546 e. The first kappa shape index (κ1) is 35.1. The molecule has 58 heavy (non-hydrogen) atoms. The van der Waals surface area contributed by atoms with Crippen LogP contribution < -0.4 is 4.90 Å². The minimum atomic E-state index is -0.0968. The van der Waals surface area contributed by atoms with Crippen molar-refractivity contribution in [1.29, 1.82) is 0 Å². The maximum absolute atomic E-state index is 2.66. The van der Waals surface area contributed by atoms with Crippen molar-refractivity contribution in [2.45, 2.75) is 108 Å². The molecular weight excluding hydrogens is 699 g/mol. The predicted octanol–water partition coefficient (Wildman–Crippen LogP) is 15.2. The third-order valence-corrected chi connectivity index (χ3v) is 16.9. The molecule has 0 amide bonds. The monoisotopic (exact) mass is 755 g/mol. The molecule has 0 radical (unpaired) electrons. The van der Waals surface area contributed by atoms with Gasteiger partial charge in [-0.2, -0.15) is 0 Å². The molecule has 0 saturated heterocycles. The summed E-state index contributed by atoms with van der Waals surface area (Å²) in [4.78, 5) is 2.66. The van der Waals surface area contributed by atoms with Crippen molar-refractivity contribution in [3.8, 4) is 33.4 Å². The third-order valence-electron chi connectivity index (χ3n) is 16.9. The van der Waals surface area contributed by atoms with Gasteiger partial charge < -0.3 is 4.90 Å². The first-order valence-electron chi connectivity index (χ1n) is 22.5. The molecule has 290 valence electrons. The quantitative estimate of drug-likeness (QED) is 0.173. The number of benzene rings is 6. The van der Waals surface area contributed by atoms with Crippen LogP contribution in [0, 0.1) is 23.7 Å². The van der Waals surface area contributed by atoms with Crippen LogP contribution in [0.3, 0.4) is 0 Å². The Morgan fingerprint density at radius 3 is 1.69 bits per heavy atom. The van der Waals surface area contributed by atoms with Gasteiger partial charge in [0.1, 0.15) is 0 Å². The normalized spacial score (nSPS) is 26.8. The number of rotatable bonds is 4. The highest BCUT2D eigenvalue weighted by molar-refractivity contribution is 6.02. The van der Waals surface area contributed by atoms with Gasteiger partial charge >= 0.3 is 0 Å². The molecule has 13 rings (SSSR count). The number of hydrogen-bond donors (Lipinski definition) is 0. The number of hydrogen-bond acceptors (Lipinski definition) is 1. The van der Waals surface area contributed by atoms with Crippen molar-refractivity contribution in [2.24, 2.45) is 23.7 Å². The van der Waals surface area contributed by atoms with E-state index in [1.807, 2.05) is 0 Å². The second-order valence-corrected chi connectivity index (χ2v) is 21.2. The van der Waals surface area contributed by atoms with Gasteiger partial charge in [0.2, 0.25) is 0 Å². The van der Waals surface area contributed by atoms with E-state index >= 15 is 0 Å². The Balaban J connectivity index is 1.15. The molecule has 0 atom stereocenters. The lowest BCUT2D eigenvalue weighted by molar-refractivity contribution is -0.0399. The summed E-state index contributed by atoms with van der Waals surface area (Å²) in [5, 5.41) is 0. The molecule has 7 aliphatic rings. The highest BCUT2D eigenvalue weighted by atomic mass is 15.1. The molecule has 6 aromatic carbocycles. The molecule has 1 heteroatoms. The second-order valence-electron chi connectivity index (χ2n) is 21.2. The molecule has 7 aliphatic carbocycles. The molecule has 0 N–H and O–H groups in total. The summed E-state index contributed by atoms with van der Waals surface area (Å²) < 4.78 is 0. The minimum absolute atomic E-state index is 0.0963. The fourth-order valence-electron chi connectivity index (χ4n) is 14.3. The van der Waals surface area contributed by atoms with E-state index in [1.54, 1.807) is 11.1 Å². The molecule has 0 aliphatic heterocycles. The van der Waals surface area contributed by atoms with Crippen LogP contribution in [0.15, 0.2) is 127 Å². The Bertz CT molecular complexity index is 2640. The molecule has 4 bridgehead atoms. The van der Waals surface area contributed by atoms with E-state index in [0.29, 0.717) is 0 Å². The van der Waals surface area contributed by atoms with Crippen LogP contribution >= 0.6 is 0 Å². The topological polar surface area (TPSA) is 3.24 Å². The Morgan fingerprint density at radius 2 is 0.983 bits per heavy atom. The van der Waals surface area contributed by atoms with Crippen LogP contribution in [0.5, 0.6) is 0 Å². The summed E-state index contributed by atoms with van der Waals surface area (Å²) in [6.07, 6.45) is 9.45. The van der Waals surface area contributed by atoms with Crippen molar-refractivity contribution in [3.63, 3.8) is 0 Å². The van der Waals surface area contributed by atoms with Crippen molar-refractivity contribution >= 4 is 17.1 Å². The van der Waals surface area contributed by atoms with E-state index < -0.39 is 0 Å². The number of nitrogens with zero attached hydrogens (tertiary/aromatic N) is 1. The van der Waals surface area contributed by atoms with Gasteiger partial charge in [-0.25, -0.2) is 0 Å². The number of anilines is 3. The van der Waals surface area contributed by atoms with Crippen LogP contribution in [0.4, 0.5) is 17.1 Å².